The van der Waals surface area contributed by atoms with Crippen LogP contribution in [0.5, 0.6) is 0 Å². The molecule has 2 aromatic heterocycles. The monoisotopic (exact) mass is 479 g/mol. The van der Waals surface area contributed by atoms with Crippen molar-refractivity contribution in [1.29, 1.82) is 0 Å². The molecule has 0 aromatic carbocycles. The Labute approximate surface area is 191 Å². The van der Waals surface area contributed by atoms with Crippen LogP contribution >= 0.6 is 0 Å². The van der Waals surface area contributed by atoms with Crippen LogP contribution in [0.1, 0.15) is 60.6 Å². The Morgan fingerprint density at radius 2 is 2.06 bits per heavy atom. The number of nitrogens with two attached hydrogens (primary N) is 1. The summed E-state index contributed by atoms with van der Waals surface area (Å²) in [7, 11) is -4.04. The first-order chi connectivity index (χ1) is 15.5. The van der Waals surface area contributed by atoms with Crippen molar-refractivity contribution in [2.45, 2.75) is 56.4 Å². The highest BCUT2D eigenvalue weighted by Gasteiger charge is 2.42. The zero-order valence-corrected chi connectivity index (χ0v) is 19.3. The predicted molar refractivity (Wildman–Crippen MR) is 120 cm³/mol. The number of aromatic nitrogens is 2. The number of halogens is 2. The maximum absolute atomic E-state index is 14.1. The summed E-state index contributed by atoms with van der Waals surface area (Å²) in [6, 6.07) is 4.42. The minimum atomic E-state index is -4.04. The quantitative estimate of drug-likeness (QED) is 0.695. The van der Waals surface area contributed by atoms with E-state index >= 15 is 0 Å². The van der Waals surface area contributed by atoms with E-state index in [1.165, 1.54) is 25.3 Å². The number of hydrogen-bond donors (Lipinski definition) is 2. The molecule has 1 fully saturated rings. The lowest BCUT2D eigenvalue weighted by Gasteiger charge is -2.38. The van der Waals surface area contributed by atoms with Crippen LogP contribution in [0.4, 0.5) is 20.3 Å². The van der Waals surface area contributed by atoms with Gasteiger partial charge in [-0.3, -0.25) is 4.79 Å². The topological polar surface area (TPSA) is 118 Å². The third-order valence-electron chi connectivity index (χ3n) is 6.46. The number of rotatable bonds is 4. The highest BCUT2D eigenvalue weighted by atomic mass is 32.2. The van der Waals surface area contributed by atoms with E-state index in [0.29, 0.717) is 5.82 Å². The zero-order valence-electron chi connectivity index (χ0n) is 18.5. The number of aryl methyl sites for hydroxylation is 1. The van der Waals surface area contributed by atoms with Gasteiger partial charge in [-0.2, -0.15) is 0 Å². The number of nitrogens with one attached hydrogen (secondary N) is 1. The minimum absolute atomic E-state index is 0.0828. The van der Waals surface area contributed by atoms with E-state index in [9.17, 15) is 22.0 Å². The van der Waals surface area contributed by atoms with Gasteiger partial charge in [-0.1, -0.05) is 13.8 Å². The molecule has 3 heterocycles. The van der Waals surface area contributed by atoms with Gasteiger partial charge in [0.2, 0.25) is 0 Å². The molecular weight excluding hydrogens is 452 g/mol. The lowest BCUT2D eigenvalue weighted by molar-refractivity contribution is -0.0652. The summed E-state index contributed by atoms with van der Waals surface area (Å²) >= 11 is 0. The molecule has 0 saturated carbocycles. The molecular formula is C22H27F2N5O3S. The van der Waals surface area contributed by atoms with Crippen molar-refractivity contribution in [3.05, 3.63) is 41.2 Å². The Kier molecular flexibility index (Phi) is 6.12. The molecule has 8 nitrogen and oxygen atoms in total. The smallest absolute Gasteiger partial charge is 0.259 e. The highest BCUT2D eigenvalue weighted by molar-refractivity contribution is 7.89. The van der Waals surface area contributed by atoms with E-state index in [0.717, 1.165) is 30.5 Å². The van der Waals surface area contributed by atoms with Crippen LogP contribution in [0.25, 0.3) is 0 Å². The summed E-state index contributed by atoms with van der Waals surface area (Å²) in [6.45, 7) is 3.74. The molecule has 178 valence electrons. The number of hydrogen-bond acceptors (Lipinski definition) is 6. The zero-order chi connectivity index (χ0) is 24.0. The number of primary sulfonamides is 1. The van der Waals surface area contributed by atoms with E-state index in [1.54, 1.807) is 11.0 Å². The number of anilines is 2. The number of piperidine rings is 1. The van der Waals surface area contributed by atoms with Crippen LogP contribution in [-0.2, 0) is 16.4 Å². The van der Waals surface area contributed by atoms with Gasteiger partial charge in [0.25, 0.3) is 21.9 Å². The molecule has 11 heteroatoms. The Hall–Kier alpha value is -2.66. The summed E-state index contributed by atoms with van der Waals surface area (Å²) < 4.78 is 51.4. The second kappa shape index (κ2) is 8.60. The molecule has 0 radical (unpaired) electrons. The minimum Gasteiger partial charge on any atom is -0.355 e. The predicted octanol–water partition coefficient (Wildman–Crippen LogP) is 3.30. The average molecular weight is 480 g/mol. The first-order valence-corrected chi connectivity index (χ1v) is 12.5. The molecule has 2 aliphatic rings. The molecule has 4 rings (SSSR count). The highest BCUT2D eigenvalue weighted by Crippen LogP contribution is 2.38. The standard InChI is InChI=1S/C22H27F2N5O3S/c1-13-4-3-5-18-16(13)11-17(20(28-18)29-9-7-22(23,24)14(2)12-29)21(30)27-15-6-8-26-19(10-15)33(25,31)32/h6,8,10-11,13-14H,3-5,7,9,12H2,1-2H3,(H2,25,31,32)(H,26,27,30). The molecule has 33 heavy (non-hydrogen) atoms. The van der Waals surface area contributed by atoms with Crippen molar-refractivity contribution in [1.82, 2.24) is 9.97 Å². The van der Waals surface area contributed by atoms with Crippen molar-refractivity contribution in [3.8, 4) is 0 Å². The third kappa shape index (κ3) is 4.84. The summed E-state index contributed by atoms with van der Waals surface area (Å²) in [4.78, 5) is 23.6. The lowest BCUT2D eigenvalue weighted by atomic mass is 9.86. The number of carbonyl (C=O) groups is 1. The Bertz CT molecular complexity index is 1190. The number of alkyl halides is 2. The summed E-state index contributed by atoms with van der Waals surface area (Å²) in [5.74, 6) is -3.54. The van der Waals surface area contributed by atoms with Gasteiger partial charge in [-0.15, -0.1) is 0 Å². The van der Waals surface area contributed by atoms with Gasteiger partial charge >= 0.3 is 0 Å². The second-order valence-electron chi connectivity index (χ2n) is 8.93. The molecule has 0 bridgehead atoms. The normalized spacial score (nSPS) is 22.5. The fraction of sp³-hybridized carbons (Fsp3) is 0.500. The van der Waals surface area contributed by atoms with E-state index in [4.69, 9.17) is 10.1 Å². The van der Waals surface area contributed by atoms with Crippen molar-refractivity contribution < 1.29 is 22.0 Å². The van der Waals surface area contributed by atoms with Crippen molar-refractivity contribution in [3.63, 3.8) is 0 Å². The van der Waals surface area contributed by atoms with Crippen LogP contribution in [0.2, 0.25) is 0 Å². The number of nitrogens with zero attached hydrogens (tertiary/aromatic N) is 3. The molecule has 2 unspecified atom stereocenters. The molecule has 2 atom stereocenters. The van der Waals surface area contributed by atoms with Crippen LogP contribution in [0.3, 0.4) is 0 Å². The van der Waals surface area contributed by atoms with Crippen molar-refractivity contribution in [2.75, 3.05) is 23.3 Å². The Balaban J connectivity index is 1.72. The van der Waals surface area contributed by atoms with E-state index in [1.807, 2.05) is 0 Å². The van der Waals surface area contributed by atoms with Crippen LogP contribution < -0.4 is 15.4 Å². The average Bonchev–Trinajstić information content (AvgIpc) is 2.75. The fourth-order valence-corrected chi connectivity index (χ4v) is 4.94. The number of amides is 1. The van der Waals surface area contributed by atoms with E-state index < -0.39 is 27.8 Å². The number of pyridine rings is 2. The fourth-order valence-electron chi connectivity index (χ4n) is 4.44. The van der Waals surface area contributed by atoms with Crippen molar-refractivity contribution in [2.24, 2.45) is 11.1 Å². The van der Waals surface area contributed by atoms with Gasteiger partial charge in [0, 0.05) is 49.1 Å². The van der Waals surface area contributed by atoms with Gasteiger partial charge < -0.3 is 10.2 Å². The summed E-state index contributed by atoms with van der Waals surface area (Å²) in [5.41, 5.74) is 2.35. The molecule has 1 aliphatic heterocycles. The molecule has 0 spiro atoms. The maximum atomic E-state index is 14.1. The Morgan fingerprint density at radius 3 is 2.76 bits per heavy atom. The molecule has 1 saturated heterocycles. The van der Waals surface area contributed by atoms with Crippen molar-refractivity contribution >= 4 is 27.4 Å². The number of carbonyl (C=O) groups excluding carboxylic acids is 1. The second-order valence-corrected chi connectivity index (χ2v) is 10.4. The molecule has 1 aliphatic carbocycles. The van der Waals surface area contributed by atoms with E-state index in [2.05, 4.69) is 17.2 Å². The van der Waals surface area contributed by atoms with E-state index in [-0.39, 0.29) is 41.7 Å². The van der Waals surface area contributed by atoms with Gasteiger partial charge in [0.1, 0.15) is 5.82 Å². The number of sulfonamides is 1. The largest absolute Gasteiger partial charge is 0.355 e. The van der Waals surface area contributed by atoms with Gasteiger partial charge in [0.05, 0.1) is 5.56 Å². The maximum Gasteiger partial charge on any atom is 0.259 e. The number of fused-ring (bicyclic) bond motifs is 1. The van der Waals surface area contributed by atoms with Crippen LogP contribution in [-0.4, -0.2) is 43.3 Å². The lowest BCUT2D eigenvalue weighted by Crippen LogP contribution is -2.47. The molecule has 3 N–H and O–H groups in total. The van der Waals surface area contributed by atoms with Gasteiger partial charge in [0.15, 0.2) is 5.03 Å². The first kappa shape index (κ1) is 23.5. The van der Waals surface area contributed by atoms with Gasteiger partial charge in [-0.05, 0) is 42.9 Å². The molecule has 2 aromatic rings. The molecule has 1 amide bonds. The van der Waals surface area contributed by atoms with Crippen LogP contribution in [0.15, 0.2) is 29.4 Å². The Morgan fingerprint density at radius 1 is 1.30 bits per heavy atom. The summed E-state index contributed by atoms with van der Waals surface area (Å²) in [5, 5.41) is 7.45. The van der Waals surface area contributed by atoms with Gasteiger partial charge in [-0.25, -0.2) is 32.3 Å². The third-order valence-corrected chi connectivity index (χ3v) is 7.26. The SMILES string of the molecule is CC1CCCc2nc(N3CCC(F)(F)C(C)C3)c(C(=O)Nc3ccnc(S(N)(=O)=O)c3)cc21. The summed E-state index contributed by atoms with van der Waals surface area (Å²) in [6.07, 6.45) is 3.65. The van der Waals surface area contributed by atoms with Crippen LogP contribution in [0, 0.1) is 5.92 Å². The first-order valence-electron chi connectivity index (χ1n) is 10.9.